The molecule has 0 unspecified atom stereocenters. The van der Waals surface area contributed by atoms with E-state index in [0.717, 1.165) is 0 Å². The number of nitrogens with zero attached hydrogens (tertiary/aromatic N) is 1. The molecule has 1 heterocycles. The Morgan fingerprint density at radius 3 is 3.00 bits per heavy atom. The smallest absolute Gasteiger partial charge is 0.523 e. The molecular formula is C5H5BNO2. The highest BCUT2D eigenvalue weighted by Gasteiger charge is 1.90. The molecule has 1 N–H and O–H groups in total. The molecule has 9 heavy (non-hydrogen) atoms. The molecular weight excluding hydrogens is 117 g/mol. The zero-order valence-corrected chi connectivity index (χ0v) is 4.69. The van der Waals surface area contributed by atoms with Crippen LogP contribution in [0.2, 0.25) is 0 Å². The molecule has 0 spiro atoms. The van der Waals surface area contributed by atoms with E-state index in [1.807, 2.05) is 0 Å². The van der Waals surface area contributed by atoms with Crippen molar-refractivity contribution in [2.45, 2.75) is 0 Å². The Balaban J connectivity index is 2.61. The Bertz CT molecular complexity index is 168. The first-order chi connectivity index (χ1) is 4.43. The van der Waals surface area contributed by atoms with Gasteiger partial charge in [0.15, 0.2) is 5.88 Å². The van der Waals surface area contributed by atoms with Gasteiger partial charge in [0.05, 0.1) is 0 Å². The minimum Gasteiger partial charge on any atom is -0.523 e. The van der Waals surface area contributed by atoms with Crippen molar-refractivity contribution in [3.63, 3.8) is 0 Å². The summed E-state index contributed by atoms with van der Waals surface area (Å²) in [7, 11) is 0.600. The number of rotatable bonds is 2. The van der Waals surface area contributed by atoms with Crippen LogP contribution in [0.25, 0.3) is 0 Å². The Hall–Kier alpha value is -1.03. The van der Waals surface area contributed by atoms with Gasteiger partial charge in [0.25, 0.3) is 0 Å². The van der Waals surface area contributed by atoms with Crippen LogP contribution in [0.1, 0.15) is 0 Å². The van der Waals surface area contributed by atoms with Crippen molar-refractivity contribution in [3.8, 4) is 5.88 Å². The van der Waals surface area contributed by atoms with Gasteiger partial charge in [-0.2, -0.15) is 0 Å². The van der Waals surface area contributed by atoms with Crippen LogP contribution in [0.15, 0.2) is 24.4 Å². The van der Waals surface area contributed by atoms with E-state index in [-0.39, 0.29) is 0 Å². The van der Waals surface area contributed by atoms with Crippen molar-refractivity contribution in [2.75, 3.05) is 0 Å². The highest BCUT2D eigenvalue weighted by Crippen LogP contribution is 2.00. The third-order valence-corrected chi connectivity index (χ3v) is 0.811. The standard InChI is InChI=1S/C5H5BNO2/c8-6-9-5-3-1-2-4-7-5/h1-4,8H. The molecule has 0 aliphatic rings. The van der Waals surface area contributed by atoms with Gasteiger partial charge in [-0.1, -0.05) is 6.07 Å². The summed E-state index contributed by atoms with van der Waals surface area (Å²) in [5.74, 6) is 0.389. The van der Waals surface area contributed by atoms with E-state index >= 15 is 0 Å². The SMILES string of the molecule is O[B]Oc1ccccn1. The molecule has 1 aromatic rings. The summed E-state index contributed by atoms with van der Waals surface area (Å²) < 4.78 is 4.53. The molecule has 3 nitrogen and oxygen atoms in total. The summed E-state index contributed by atoms with van der Waals surface area (Å²) in [4.78, 5) is 3.76. The summed E-state index contributed by atoms with van der Waals surface area (Å²) in [6.07, 6.45) is 1.58. The second kappa shape index (κ2) is 3.09. The molecule has 0 bridgehead atoms. The minimum atomic E-state index is 0.389. The molecule has 0 saturated carbocycles. The zero-order valence-electron chi connectivity index (χ0n) is 4.69. The van der Waals surface area contributed by atoms with E-state index in [9.17, 15) is 0 Å². The minimum absolute atomic E-state index is 0.389. The maximum atomic E-state index is 8.13. The topological polar surface area (TPSA) is 42.4 Å². The third kappa shape index (κ3) is 1.73. The van der Waals surface area contributed by atoms with E-state index < -0.39 is 0 Å². The third-order valence-electron chi connectivity index (χ3n) is 0.811. The fourth-order valence-corrected chi connectivity index (χ4v) is 0.471. The second-order valence-corrected chi connectivity index (χ2v) is 1.39. The fourth-order valence-electron chi connectivity index (χ4n) is 0.471. The van der Waals surface area contributed by atoms with Crippen molar-refractivity contribution in [1.82, 2.24) is 4.98 Å². The lowest BCUT2D eigenvalue weighted by Crippen LogP contribution is -2.00. The van der Waals surface area contributed by atoms with E-state index in [2.05, 4.69) is 9.64 Å². The van der Waals surface area contributed by atoms with Crippen LogP contribution in [-0.4, -0.2) is 17.7 Å². The van der Waals surface area contributed by atoms with Gasteiger partial charge in [-0.05, 0) is 12.1 Å². The normalized spacial score (nSPS) is 8.56. The average molecular weight is 122 g/mol. The van der Waals surface area contributed by atoms with Gasteiger partial charge < -0.3 is 9.68 Å². The molecule has 1 radical (unpaired) electrons. The van der Waals surface area contributed by atoms with Crippen LogP contribution in [0.5, 0.6) is 5.88 Å². The van der Waals surface area contributed by atoms with Crippen molar-refractivity contribution in [1.29, 1.82) is 0 Å². The molecule has 0 aromatic carbocycles. The lowest BCUT2D eigenvalue weighted by molar-refractivity contribution is 0.443. The summed E-state index contributed by atoms with van der Waals surface area (Å²) in [6, 6.07) is 5.18. The molecule has 0 amide bonds. The predicted octanol–water partition coefficient (Wildman–Crippen LogP) is -0.0131. The van der Waals surface area contributed by atoms with Crippen molar-refractivity contribution >= 4 is 7.69 Å². The molecule has 0 saturated heterocycles. The van der Waals surface area contributed by atoms with Crippen LogP contribution in [0, 0.1) is 0 Å². The largest absolute Gasteiger partial charge is 0.570 e. The van der Waals surface area contributed by atoms with Crippen molar-refractivity contribution in [3.05, 3.63) is 24.4 Å². The van der Waals surface area contributed by atoms with Gasteiger partial charge >= 0.3 is 7.69 Å². The number of hydrogen-bond donors (Lipinski definition) is 1. The van der Waals surface area contributed by atoms with Gasteiger partial charge in [0.1, 0.15) is 0 Å². The van der Waals surface area contributed by atoms with Crippen molar-refractivity contribution < 1.29 is 9.68 Å². The summed E-state index contributed by atoms with van der Waals surface area (Å²) >= 11 is 0. The second-order valence-electron chi connectivity index (χ2n) is 1.39. The van der Waals surface area contributed by atoms with Gasteiger partial charge in [-0.25, -0.2) is 4.98 Å². The lowest BCUT2D eigenvalue weighted by Gasteiger charge is -1.95. The van der Waals surface area contributed by atoms with E-state index in [1.165, 1.54) is 0 Å². The monoisotopic (exact) mass is 122 g/mol. The lowest BCUT2D eigenvalue weighted by atomic mass is 10.4. The molecule has 0 atom stereocenters. The summed E-state index contributed by atoms with van der Waals surface area (Å²) in [5.41, 5.74) is 0. The first kappa shape index (κ1) is 6.10. The maximum absolute atomic E-state index is 8.13. The van der Waals surface area contributed by atoms with Crippen molar-refractivity contribution in [2.24, 2.45) is 0 Å². The molecule has 0 aliphatic carbocycles. The fraction of sp³-hybridized carbons (Fsp3) is 0. The highest BCUT2D eigenvalue weighted by molar-refractivity contribution is 6.17. The Morgan fingerprint density at radius 2 is 2.44 bits per heavy atom. The molecule has 1 aromatic heterocycles. The van der Waals surface area contributed by atoms with E-state index in [4.69, 9.17) is 5.02 Å². The molecule has 4 heteroatoms. The average Bonchev–Trinajstić information content (AvgIpc) is 1.91. The number of pyridine rings is 1. The quantitative estimate of drug-likeness (QED) is 0.560. The van der Waals surface area contributed by atoms with Gasteiger partial charge in [-0.3, -0.25) is 0 Å². The predicted molar refractivity (Wildman–Crippen MR) is 32.8 cm³/mol. The first-order valence-corrected chi connectivity index (χ1v) is 2.47. The summed E-state index contributed by atoms with van der Waals surface area (Å²) in [6.45, 7) is 0. The highest BCUT2D eigenvalue weighted by atomic mass is 16.5. The van der Waals surface area contributed by atoms with Gasteiger partial charge in [0.2, 0.25) is 0 Å². The molecule has 45 valence electrons. The zero-order chi connectivity index (χ0) is 6.53. The van der Waals surface area contributed by atoms with Crippen LogP contribution < -0.4 is 4.65 Å². The van der Waals surface area contributed by atoms with Gasteiger partial charge in [-0.15, -0.1) is 0 Å². The van der Waals surface area contributed by atoms with Crippen LogP contribution >= 0.6 is 0 Å². The molecule has 0 aliphatic heterocycles. The van der Waals surface area contributed by atoms with Crippen LogP contribution in [0.3, 0.4) is 0 Å². The van der Waals surface area contributed by atoms with Crippen LogP contribution in [0.4, 0.5) is 0 Å². The maximum Gasteiger partial charge on any atom is 0.570 e. The van der Waals surface area contributed by atoms with Crippen LogP contribution in [-0.2, 0) is 0 Å². The van der Waals surface area contributed by atoms with E-state index in [0.29, 0.717) is 13.6 Å². The van der Waals surface area contributed by atoms with Gasteiger partial charge in [0, 0.05) is 6.20 Å². The first-order valence-electron chi connectivity index (χ1n) is 2.47. The summed E-state index contributed by atoms with van der Waals surface area (Å²) in [5, 5.41) is 8.13. The van der Waals surface area contributed by atoms with E-state index in [1.54, 1.807) is 24.4 Å². The Kier molecular flexibility index (Phi) is 2.10. The Labute approximate surface area is 53.6 Å². The Morgan fingerprint density at radius 1 is 1.56 bits per heavy atom. The molecule has 0 fully saturated rings. The number of aromatic nitrogens is 1. The number of hydrogen-bond acceptors (Lipinski definition) is 3. The molecule has 1 rings (SSSR count).